The summed E-state index contributed by atoms with van der Waals surface area (Å²) in [5.41, 5.74) is 8.56. The Morgan fingerprint density at radius 1 is 1.26 bits per heavy atom. The van der Waals surface area contributed by atoms with Crippen molar-refractivity contribution in [3.05, 3.63) is 33.8 Å². The lowest BCUT2D eigenvalue weighted by atomic mass is 9.99. The average Bonchev–Trinajstić information content (AvgIpc) is 2.33. The highest BCUT2D eigenvalue weighted by Gasteiger charge is 2.21. The minimum absolute atomic E-state index is 0.283. The van der Waals surface area contributed by atoms with Gasteiger partial charge in [-0.2, -0.15) is 0 Å². The van der Waals surface area contributed by atoms with Gasteiger partial charge in [-0.25, -0.2) is 0 Å². The van der Waals surface area contributed by atoms with Crippen LogP contribution < -0.4 is 5.73 Å². The van der Waals surface area contributed by atoms with Crippen LogP contribution in [0.2, 0.25) is 0 Å². The van der Waals surface area contributed by atoms with Gasteiger partial charge in [0.1, 0.15) is 0 Å². The first-order valence-corrected chi connectivity index (χ1v) is 7.84. The Kier molecular flexibility index (Phi) is 6.51. The Morgan fingerprint density at radius 3 is 2.37 bits per heavy atom. The van der Waals surface area contributed by atoms with Gasteiger partial charge in [-0.3, -0.25) is 4.90 Å². The standard InChI is InChI=1S/C16H27BrN2/c1-11(2)8-13(4)19(5)16(10-18)14-7-6-12(3)15(17)9-14/h6-7,9,11,13,16H,8,10,18H2,1-5H3. The van der Waals surface area contributed by atoms with Gasteiger partial charge in [0.15, 0.2) is 0 Å². The second kappa shape index (κ2) is 7.41. The van der Waals surface area contributed by atoms with E-state index in [2.05, 4.69) is 73.8 Å². The third kappa shape index (κ3) is 4.59. The lowest BCUT2D eigenvalue weighted by Gasteiger charge is -2.34. The molecule has 108 valence electrons. The first-order valence-electron chi connectivity index (χ1n) is 7.04. The van der Waals surface area contributed by atoms with Crippen LogP contribution in [0.5, 0.6) is 0 Å². The zero-order valence-corrected chi connectivity index (χ0v) is 14.4. The molecule has 0 saturated heterocycles. The molecule has 1 rings (SSSR count). The zero-order chi connectivity index (χ0) is 14.6. The highest BCUT2D eigenvalue weighted by atomic mass is 79.9. The molecule has 0 aliphatic heterocycles. The predicted molar refractivity (Wildman–Crippen MR) is 87.4 cm³/mol. The molecule has 0 saturated carbocycles. The number of hydrogen-bond donors (Lipinski definition) is 1. The van der Waals surface area contributed by atoms with Crippen LogP contribution >= 0.6 is 15.9 Å². The van der Waals surface area contributed by atoms with E-state index in [9.17, 15) is 0 Å². The van der Waals surface area contributed by atoms with E-state index in [0.29, 0.717) is 18.5 Å². The Hall–Kier alpha value is -0.380. The van der Waals surface area contributed by atoms with Crippen molar-refractivity contribution < 1.29 is 0 Å². The molecule has 1 aromatic rings. The van der Waals surface area contributed by atoms with Gasteiger partial charge in [-0.15, -0.1) is 0 Å². The summed E-state index contributed by atoms with van der Waals surface area (Å²) in [7, 11) is 2.18. The Labute approximate surface area is 126 Å². The number of rotatable bonds is 6. The van der Waals surface area contributed by atoms with Gasteiger partial charge in [0.2, 0.25) is 0 Å². The lowest BCUT2D eigenvalue weighted by molar-refractivity contribution is 0.168. The van der Waals surface area contributed by atoms with Crippen LogP contribution in [-0.4, -0.2) is 24.5 Å². The third-order valence-corrected chi connectivity index (χ3v) is 4.66. The number of nitrogens with two attached hydrogens (primary N) is 1. The molecule has 1 aromatic carbocycles. The quantitative estimate of drug-likeness (QED) is 0.851. The Balaban J connectivity index is 2.89. The first kappa shape index (κ1) is 16.7. The molecule has 2 N–H and O–H groups in total. The second-order valence-corrected chi connectivity index (χ2v) is 6.76. The molecule has 0 aromatic heterocycles. The molecule has 0 heterocycles. The number of benzene rings is 1. The van der Waals surface area contributed by atoms with Crippen LogP contribution in [0.25, 0.3) is 0 Å². The molecule has 0 radical (unpaired) electrons. The fourth-order valence-corrected chi connectivity index (χ4v) is 2.91. The Morgan fingerprint density at radius 2 is 1.89 bits per heavy atom. The van der Waals surface area contributed by atoms with Crippen molar-refractivity contribution in [1.29, 1.82) is 0 Å². The molecule has 3 heteroatoms. The molecule has 2 atom stereocenters. The summed E-state index contributed by atoms with van der Waals surface area (Å²) in [6, 6.07) is 7.37. The third-order valence-electron chi connectivity index (χ3n) is 3.80. The summed E-state index contributed by atoms with van der Waals surface area (Å²) >= 11 is 3.61. The molecular formula is C16H27BrN2. The minimum Gasteiger partial charge on any atom is -0.329 e. The van der Waals surface area contributed by atoms with Gasteiger partial charge in [-0.1, -0.05) is 41.9 Å². The topological polar surface area (TPSA) is 29.3 Å². The van der Waals surface area contributed by atoms with E-state index in [1.165, 1.54) is 17.5 Å². The zero-order valence-electron chi connectivity index (χ0n) is 12.8. The van der Waals surface area contributed by atoms with Gasteiger partial charge in [-0.05, 0) is 50.4 Å². The Bertz CT molecular complexity index is 404. The van der Waals surface area contributed by atoms with E-state index < -0.39 is 0 Å². The fraction of sp³-hybridized carbons (Fsp3) is 0.625. The van der Waals surface area contributed by atoms with Crippen molar-refractivity contribution >= 4 is 15.9 Å². The van der Waals surface area contributed by atoms with Crippen LogP contribution in [0.1, 0.15) is 44.4 Å². The summed E-state index contributed by atoms with van der Waals surface area (Å²) in [6.07, 6.45) is 1.19. The number of likely N-dealkylation sites (N-methyl/N-ethyl adjacent to an activating group) is 1. The van der Waals surface area contributed by atoms with Crippen molar-refractivity contribution in [2.45, 2.75) is 46.2 Å². The summed E-state index contributed by atoms with van der Waals surface area (Å²) in [5, 5.41) is 0. The predicted octanol–water partition coefficient (Wildman–Crippen LogP) is 4.12. The molecule has 0 spiro atoms. The lowest BCUT2D eigenvalue weighted by Crippen LogP contribution is -2.37. The molecule has 0 fully saturated rings. The molecule has 2 nitrogen and oxygen atoms in total. The molecular weight excluding hydrogens is 300 g/mol. The number of halogens is 1. The maximum atomic E-state index is 6.01. The van der Waals surface area contributed by atoms with E-state index in [4.69, 9.17) is 5.73 Å². The van der Waals surface area contributed by atoms with E-state index >= 15 is 0 Å². The van der Waals surface area contributed by atoms with Crippen molar-refractivity contribution in [3.63, 3.8) is 0 Å². The summed E-state index contributed by atoms with van der Waals surface area (Å²) < 4.78 is 1.16. The van der Waals surface area contributed by atoms with Crippen molar-refractivity contribution in [2.24, 2.45) is 11.7 Å². The van der Waals surface area contributed by atoms with E-state index in [-0.39, 0.29) is 6.04 Å². The maximum absolute atomic E-state index is 6.01. The second-order valence-electron chi connectivity index (χ2n) is 5.90. The fourth-order valence-electron chi connectivity index (χ4n) is 2.51. The summed E-state index contributed by atoms with van der Waals surface area (Å²) in [4.78, 5) is 2.40. The highest BCUT2D eigenvalue weighted by molar-refractivity contribution is 9.10. The maximum Gasteiger partial charge on any atom is 0.0470 e. The molecule has 0 aliphatic rings. The van der Waals surface area contributed by atoms with Crippen LogP contribution in [0.4, 0.5) is 0 Å². The van der Waals surface area contributed by atoms with Crippen LogP contribution in [0.3, 0.4) is 0 Å². The minimum atomic E-state index is 0.283. The average molecular weight is 327 g/mol. The summed E-state index contributed by atoms with van der Waals surface area (Å²) in [6.45, 7) is 9.57. The van der Waals surface area contributed by atoms with Crippen LogP contribution in [0, 0.1) is 12.8 Å². The summed E-state index contributed by atoms with van der Waals surface area (Å²) in [5.74, 6) is 0.709. The molecule has 0 aliphatic carbocycles. The van der Waals surface area contributed by atoms with Crippen LogP contribution in [-0.2, 0) is 0 Å². The largest absolute Gasteiger partial charge is 0.329 e. The number of aryl methyl sites for hydroxylation is 1. The smallest absolute Gasteiger partial charge is 0.0470 e. The van der Waals surface area contributed by atoms with Crippen molar-refractivity contribution in [1.82, 2.24) is 4.90 Å². The molecule has 0 amide bonds. The highest BCUT2D eigenvalue weighted by Crippen LogP contribution is 2.27. The van der Waals surface area contributed by atoms with Gasteiger partial charge in [0.25, 0.3) is 0 Å². The van der Waals surface area contributed by atoms with E-state index in [1.54, 1.807) is 0 Å². The molecule has 2 unspecified atom stereocenters. The SMILES string of the molecule is Cc1ccc(C(CN)N(C)C(C)CC(C)C)cc1Br. The van der Waals surface area contributed by atoms with E-state index in [0.717, 1.165) is 4.47 Å². The normalized spacial score (nSPS) is 15.0. The van der Waals surface area contributed by atoms with Crippen LogP contribution in [0.15, 0.2) is 22.7 Å². The van der Waals surface area contributed by atoms with Gasteiger partial charge in [0.05, 0.1) is 0 Å². The van der Waals surface area contributed by atoms with Crippen molar-refractivity contribution in [2.75, 3.05) is 13.6 Å². The number of hydrogen-bond acceptors (Lipinski definition) is 2. The monoisotopic (exact) mass is 326 g/mol. The molecule has 0 bridgehead atoms. The van der Waals surface area contributed by atoms with Crippen molar-refractivity contribution in [3.8, 4) is 0 Å². The first-order chi connectivity index (χ1) is 8.86. The number of nitrogens with zero attached hydrogens (tertiary/aromatic N) is 1. The van der Waals surface area contributed by atoms with Gasteiger partial charge in [0, 0.05) is 23.1 Å². The molecule has 19 heavy (non-hydrogen) atoms. The van der Waals surface area contributed by atoms with Gasteiger partial charge >= 0.3 is 0 Å². The van der Waals surface area contributed by atoms with Gasteiger partial charge < -0.3 is 5.73 Å². The van der Waals surface area contributed by atoms with E-state index in [1.807, 2.05) is 0 Å².